The Bertz CT molecular complexity index is 164. The zero-order valence-electron chi connectivity index (χ0n) is 6.11. The number of ether oxygens (including phenoxy) is 1. The summed E-state index contributed by atoms with van der Waals surface area (Å²) in [6, 6.07) is 0. The van der Waals surface area contributed by atoms with Gasteiger partial charge in [-0.15, -0.1) is 0 Å². The molecule has 1 heterocycles. The number of hydroxylamine groups is 3. The highest BCUT2D eigenvalue weighted by Crippen LogP contribution is 2.12. The van der Waals surface area contributed by atoms with Crippen molar-refractivity contribution in [1.82, 2.24) is 5.32 Å². The van der Waals surface area contributed by atoms with Crippen molar-refractivity contribution in [3.05, 3.63) is 5.21 Å². The van der Waals surface area contributed by atoms with Gasteiger partial charge >= 0.3 is 6.09 Å². The third kappa shape index (κ3) is 1.48. The Labute approximate surface area is 63.5 Å². The van der Waals surface area contributed by atoms with Crippen molar-refractivity contribution < 1.29 is 19.3 Å². The van der Waals surface area contributed by atoms with Crippen LogP contribution in [0.3, 0.4) is 0 Å². The topological polar surface area (TPSA) is 81.6 Å². The molecule has 2 atom stereocenters. The van der Waals surface area contributed by atoms with Gasteiger partial charge in [-0.1, -0.05) is 0 Å². The van der Waals surface area contributed by atoms with E-state index < -0.39 is 17.0 Å². The number of hydrogen-bond donors (Lipinski definition) is 2. The Morgan fingerprint density at radius 3 is 2.91 bits per heavy atom. The number of rotatable bonds is 1. The van der Waals surface area contributed by atoms with Crippen molar-refractivity contribution in [1.29, 1.82) is 0 Å². The Kier molecular flexibility index (Phi) is 2.10. The summed E-state index contributed by atoms with van der Waals surface area (Å²) >= 11 is 0. The van der Waals surface area contributed by atoms with Gasteiger partial charge in [0.25, 0.3) is 0 Å². The Hall–Kier alpha value is -0.690. The van der Waals surface area contributed by atoms with E-state index in [1.807, 2.05) is 0 Å². The number of carbonyl (C=O) groups is 1. The first kappa shape index (κ1) is 8.41. The molecule has 0 saturated carbocycles. The average Bonchev–Trinajstić information content (AvgIpc) is 2.37. The molecule has 0 aromatic heterocycles. The molecule has 0 spiro atoms. The lowest BCUT2D eigenvalue weighted by molar-refractivity contribution is -0.836. The highest BCUT2D eigenvalue weighted by molar-refractivity contribution is 5.56. The minimum atomic E-state index is -1.43. The summed E-state index contributed by atoms with van der Waals surface area (Å²) in [6.07, 6.45) is -2.26. The third-order valence-electron chi connectivity index (χ3n) is 1.63. The lowest BCUT2D eigenvalue weighted by Crippen LogP contribution is -2.52. The minimum absolute atomic E-state index is 0.244. The maximum atomic E-state index is 11.2. The normalized spacial score (nSPS) is 29.8. The third-order valence-corrected chi connectivity index (χ3v) is 1.63. The van der Waals surface area contributed by atoms with Gasteiger partial charge in [-0.2, -0.15) is 4.79 Å². The van der Waals surface area contributed by atoms with Gasteiger partial charge < -0.3 is 15.1 Å². The first-order valence-corrected chi connectivity index (χ1v) is 3.18. The second-order valence-corrected chi connectivity index (χ2v) is 2.49. The van der Waals surface area contributed by atoms with Gasteiger partial charge in [0.1, 0.15) is 6.73 Å². The van der Waals surface area contributed by atoms with Crippen LogP contribution in [-0.4, -0.2) is 42.4 Å². The van der Waals surface area contributed by atoms with Gasteiger partial charge in [0.15, 0.2) is 0 Å². The molecule has 0 bridgehead atoms. The highest BCUT2D eigenvalue weighted by Gasteiger charge is 2.35. The van der Waals surface area contributed by atoms with Crippen LogP contribution in [0.4, 0.5) is 4.79 Å². The molecule has 2 unspecified atom stereocenters. The van der Waals surface area contributed by atoms with Crippen LogP contribution in [0.15, 0.2) is 0 Å². The monoisotopic (exact) mass is 162 g/mol. The SMILES string of the molecule is C[N+]([O-])(C(=O)O)C1CNCO1. The number of carboxylic acid groups (broad SMARTS) is 1. The largest absolute Gasteiger partial charge is 0.621 e. The molecular weight excluding hydrogens is 152 g/mol. The fourth-order valence-corrected chi connectivity index (χ4v) is 0.836. The number of nitrogens with one attached hydrogen (secondary N) is 1. The molecular formula is C5H10N2O4. The molecule has 6 nitrogen and oxygen atoms in total. The maximum absolute atomic E-state index is 11.2. The van der Waals surface area contributed by atoms with Crippen LogP contribution >= 0.6 is 0 Å². The summed E-state index contributed by atoms with van der Waals surface area (Å²) < 4.78 is 3.45. The van der Waals surface area contributed by atoms with Crippen molar-refractivity contribution in [2.75, 3.05) is 20.3 Å². The van der Waals surface area contributed by atoms with E-state index in [1.54, 1.807) is 0 Å². The average molecular weight is 162 g/mol. The van der Waals surface area contributed by atoms with Crippen LogP contribution in [0.25, 0.3) is 0 Å². The lowest BCUT2D eigenvalue weighted by Gasteiger charge is -2.35. The van der Waals surface area contributed by atoms with Crippen LogP contribution in [0.5, 0.6) is 0 Å². The van der Waals surface area contributed by atoms with E-state index in [0.717, 1.165) is 7.05 Å². The van der Waals surface area contributed by atoms with Gasteiger partial charge in [-0.25, -0.2) is 4.65 Å². The predicted molar refractivity (Wildman–Crippen MR) is 35.3 cm³/mol. The van der Waals surface area contributed by atoms with Crippen LogP contribution < -0.4 is 5.32 Å². The minimum Gasteiger partial charge on any atom is -0.621 e. The first-order chi connectivity index (χ1) is 5.05. The van der Waals surface area contributed by atoms with E-state index in [1.165, 1.54) is 0 Å². The summed E-state index contributed by atoms with van der Waals surface area (Å²) in [5.41, 5.74) is 0. The summed E-state index contributed by atoms with van der Waals surface area (Å²) in [5.74, 6) is 0. The van der Waals surface area contributed by atoms with E-state index in [4.69, 9.17) is 9.84 Å². The van der Waals surface area contributed by atoms with E-state index in [0.29, 0.717) is 0 Å². The van der Waals surface area contributed by atoms with Crippen molar-refractivity contribution in [2.45, 2.75) is 6.23 Å². The predicted octanol–water partition coefficient (Wildman–Crippen LogP) is -0.488. The summed E-state index contributed by atoms with van der Waals surface area (Å²) in [7, 11) is 1.06. The van der Waals surface area contributed by atoms with Gasteiger partial charge in [0, 0.05) is 0 Å². The zero-order chi connectivity index (χ0) is 8.48. The molecule has 11 heavy (non-hydrogen) atoms. The molecule has 2 N–H and O–H groups in total. The molecule has 1 aliphatic rings. The molecule has 0 aromatic rings. The second kappa shape index (κ2) is 2.74. The highest BCUT2D eigenvalue weighted by atomic mass is 16.7. The first-order valence-electron chi connectivity index (χ1n) is 3.18. The van der Waals surface area contributed by atoms with Crippen LogP contribution in [0.2, 0.25) is 0 Å². The molecule has 0 aliphatic carbocycles. The van der Waals surface area contributed by atoms with Crippen molar-refractivity contribution in [3.8, 4) is 0 Å². The maximum Gasteiger partial charge on any atom is 0.515 e. The molecule has 0 aromatic carbocycles. The number of likely N-dealkylation sites (N-methyl/N-ethyl adjacent to an activating group) is 1. The molecule has 1 rings (SSSR count). The van der Waals surface area contributed by atoms with Crippen molar-refractivity contribution in [2.24, 2.45) is 0 Å². The quantitative estimate of drug-likeness (QED) is 0.401. The number of quaternary nitrogens is 1. The summed E-state index contributed by atoms with van der Waals surface area (Å²) in [6.45, 7) is 0.528. The fraction of sp³-hybridized carbons (Fsp3) is 0.800. The molecule has 6 heteroatoms. The van der Waals surface area contributed by atoms with Gasteiger partial charge in [-0.05, 0) is 0 Å². The van der Waals surface area contributed by atoms with Gasteiger partial charge in [0.2, 0.25) is 6.23 Å². The molecule has 1 fully saturated rings. The van der Waals surface area contributed by atoms with E-state index in [9.17, 15) is 10.0 Å². The number of nitrogens with zero attached hydrogens (tertiary/aromatic N) is 1. The summed E-state index contributed by atoms with van der Waals surface area (Å²) in [4.78, 5) is 10.4. The molecule has 1 saturated heterocycles. The lowest BCUT2D eigenvalue weighted by atomic mass is 10.5. The standard InChI is InChI=1S/C5H10N2O4/c1-7(10,5(8)9)4-2-6-3-11-4/h4,6H,2-3H2,1H3,(H,8,9). The van der Waals surface area contributed by atoms with E-state index in [-0.39, 0.29) is 13.3 Å². The molecule has 0 radical (unpaired) electrons. The van der Waals surface area contributed by atoms with Gasteiger partial charge in [0.05, 0.1) is 13.6 Å². The van der Waals surface area contributed by atoms with Crippen molar-refractivity contribution in [3.63, 3.8) is 0 Å². The number of hydrogen-bond acceptors (Lipinski definition) is 4. The fourth-order valence-electron chi connectivity index (χ4n) is 0.836. The van der Waals surface area contributed by atoms with E-state index in [2.05, 4.69) is 5.32 Å². The molecule has 64 valence electrons. The van der Waals surface area contributed by atoms with Crippen LogP contribution in [-0.2, 0) is 4.74 Å². The Balaban J connectivity index is 2.62. The van der Waals surface area contributed by atoms with E-state index >= 15 is 0 Å². The summed E-state index contributed by atoms with van der Waals surface area (Å²) in [5, 5.41) is 22.4. The van der Waals surface area contributed by atoms with Crippen LogP contribution in [0, 0.1) is 5.21 Å². The molecule has 1 amide bonds. The Morgan fingerprint density at radius 1 is 1.91 bits per heavy atom. The number of amides is 1. The molecule has 1 aliphatic heterocycles. The zero-order valence-corrected chi connectivity index (χ0v) is 6.11. The van der Waals surface area contributed by atoms with Crippen LogP contribution in [0.1, 0.15) is 0 Å². The smallest absolute Gasteiger partial charge is 0.515 e. The van der Waals surface area contributed by atoms with Crippen molar-refractivity contribution >= 4 is 6.09 Å². The Morgan fingerprint density at radius 2 is 2.55 bits per heavy atom. The van der Waals surface area contributed by atoms with Gasteiger partial charge in [-0.3, -0.25) is 5.32 Å². The second-order valence-electron chi connectivity index (χ2n) is 2.49.